The first-order valence-electron chi connectivity index (χ1n) is 9.32. The Hall–Kier alpha value is -0.570. The van der Waals surface area contributed by atoms with E-state index in [-0.39, 0.29) is 35.9 Å². The minimum absolute atomic E-state index is 0. The van der Waals surface area contributed by atoms with E-state index in [4.69, 9.17) is 4.74 Å². The maximum atomic E-state index is 11.8. The van der Waals surface area contributed by atoms with Crippen LogP contribution in [-0.2, 0) is 9.53 Å². The Labute approximate surface area is 170 Å². The number of guanidine groups is 1. The third-order valence-electron chi connectivity index (χ3n) is 4.73. The Kier molecular flexibility index (Phi) is 13.3. The number of hydrogen-bond donors (Lipinski definition) is 1. The van der Waals surface area contributed by atoms with Crippen molar-refractivity contribution < 1.29 is 9.53 Å². The number of carbonyl (C=O) groups excluding carboxylic acids is 1. The molecule has 1 aliphatic rings. The molecule has 1 N–H and O–H groups in total. The molecule has 0 aromatic rings. The fraction of sp³-hybridized carbons (Fsp3) is 0.889. The minimum Gasteiger partial charge on any atom is -0.466 e. The molecule has 0 aliphatic carbocycles. The first kappa shape index (κ1) is 24.4. The molecule has 0 aromatic heterocycles. The zero-order valence-corrected chi connectivity index (χ0v) is 18.9. The monoisotopic (exact) mass is 468 g/mol. The van der Waals surface area contributed by atoms with Gasteiger partial charge >= 0.3 is 5.97 Å². The van der Waals surface area contributed by atoms with Crippen molar-refractivity contribution in [2.75, 3.05) is 46.9 Å². The van der Waals surface area contributed by atoms with Crippen LogP contribution >= 0.6 is 24.0 Å². The summed E-state index contributed by atoms with van der Waals surface area (Å²) in [6, 6.07) is 0.603. The van der Waals surface area contributed by atoms with Crippen LogP contribution in [0.4, 0.5) is 0 Å². The summed E-state index contributed by atoms with van der Waals surface area (Å²) in [6.45, 7) is 10.6. The summed E-state index contributed by atoms with van der Waals surface area (Å²) in [6.07, 6.45) is 4.01. The predicted molar refractivity (Wildman–Crippen MR) is 115 cm³/mol. The van der Waals surface area contributed by atoms with Gasteiger partial charge in [-0.2, -0.15) is 0 Å². The van der Waals surface area contributed by atoms with E-state index in [1.807, 2.05) is 14.0 Å². The van der Waals surface area contributed by atoms with Crippen LogP contribution < -0.4 is 5.32 Å². The van der Waals surface area contributed by atoms with Gasteiger partial charge in [0, 0.05) is 32.7 Å². The molecule has 0 atom stereocenters. The molecule has 148 valence electrons. The van der Waals surface area contributed by atoms with Gasteiger partial charge in [-0.25, -0.2) is 0 Å². The van der Waals surface area contributed by atoms with Crippen LogP contribution in [0.15, 0.2) is 4.99 Å². The van der Waals surface area contributed by atoms with Crippen LogP contribution in [0.5, 0.6) is 0 Å². The quantitative estimate of drug-likeness (QED) is 0.195. The highest BCUT2D eigenvalue weighted by molar-refractivity contribution is 14.0. The highest BCUT2D eigenvalue weighted by Gasteiger charge is 2.27. The van der Waals surface area contributed by atoms with E-state index in [1.54, 1.807) is 0 Å². The molecule has 0 amide bonds. The van der Waals surface area contributed by atoms with Crippen molar-refractivity contribution >= 4 is 35.9 Å². The second-order valence-electron chi connectivity index (χ2n) is 6.77. The van der Waals surface area contributed by atoms with Crippen LogP contribution in [0.25, 0.3) is 0 Å². The number of nitrogens with one attached hydrogen (secondary N) is 1. The van der Waals surface area contributed by atoms with Gasteiger partial charge in [0.05, 0.1) is 12.5 Å². The second kappa shape index (κ2) is 13.6. The average molecular weight is 468 g/mol. The largest absolute Gasteiger partial charge is 0.466 e. The summed E-state index contributed by atoms with van der Waals surface area (Å²) in [4.78, 5) is 20.8. The van der Waals surface area contributed by atoms with E-state index in [1.165, 1.54) is 6.42 Å². The van der Waals surface area contributed by atoms with E-state index in [0.717, 1.165) is 51.4 Å². The molecule has 6 nitrogen and oxygen atoms in total. The van der Waals surface area contributed by atoms with Crippen LogP contribution in [0.1, 0.15) is 46.5 Å². The number of piperidine rings is 1. The van der Waals surface area contributed by atoms with Crippen LogP contribution in [0.3, 0.4) is 0 Å². The van der Waals surface area contributed by atoms with Crippen LogP contribution in [-0.4, -0.2) is 74.7 Å². The number of hydrogen-bond acceptors (Lipinski definition) is 4. The first-order valence-corrected chi connectivity index (χ1v) is 9.32. The lowest BCUT2D eigenvalue weighted by atomic mass is 9.97. The summed E-state index contributed by atoms with van der Waals surface area (Å²) in [5, 5.41) is 3.45. The Morgan fingerprint density at radius 2 is 1.96 bits per heavy atom. The van der Waals surface area contributed by atoms with Gasteiger partial charge in [0.1, 0.15) is 0 Å². The number of carbonyl (C=O) groups is 1. The highest BCUT2D eigenvalue weighted by Crippen LogP contribution is 2.18. The molecule has 0 bridgehead atoms. The summed E-state index contributed by atoms with van der Waals surface area (Å²) in [5.74, 6) is 0.953. The fourth-order valence-corrected chi connectivity index (χ4v) is 2.86. The fourth-order valence-electron chi connectivity index (χ4n) is 2.86. The SMILES string of the molecule is CCOC(=O)C1CCN(C(=NC)NCCCCN(C)C(C)C)CC1.I. The van der Waals surface area contributed by atoms with E-state index < -0.39 is 0 Å². The molecule has 25 heavy (non-hydrogen) atoms. The molecule has 1 aliphatic heterocycles. The highest BCUT2D eigenvalue weighted by atomic mass is 127. The molecule has 0 aromatic carbocycles. The van der Waals surface area contributed by atoms with E-state index >= 15 is 0 Å². The van der Waals surface area contributed by atoms with Gasteiger partial charge in [0.25, 0.3) is 0 Å². The molecule has 1 saturated heterocycles. The van der Waals surface area contributed by atoms with Gasteiger partial charge in [0.15, 0.2) is 5.96 Å². The van der Waals surface area contributed by atoms with Crippen LogP contribution in [0.2, 0.25) is 0 Å². The van der Waals surface area contributed by atoms with Crippen molar-refractivity contribution in [3.63, 3.8) is 0 Å². The number of likely N-dealkylation sites (tertiary alicyclic amines) is 1. The third-order valence-corrected chi connectivity index (χ3v) is 4.73. The summed E-state index contributed by atoms with van der Waals surface area (Å²) in [7, 11) is 4.00. The number of nitrogens with zero attached hydrogens (tertiary/aromatic N) is 3. The third kappa shape index (κ3) is 9.08. The molecular formula is C18H37IN4O2. The molecule has 1 rings (SSSR count). The topological polar surface area (TPSA) is 57.2 Å². The van der Waals surface area contributed by atoms with Crippen molar-refractivity contribution in [2.24, 2.45) is 10.9 Å². The Morgan fingerprint density at radius 3 is 2.48 bits per heavy atom. The van der Waals surface area contributed by atoms with Crippen molar-refractivity contribution in [3.8, 4) is 0 Å². The Balaban J connectivity index is 0.00000576. The van der Waals surface area contributed by atoms with Gasteiger partial charge in [-0.3, -0.25) is 9.79 Å². The van der Waals surface area contributed by atoms with Crippen molar-refractivity contribution in [1.82, 2.24) is 15.1 Å². The minimum atomic E-state index is -0.0469. The number of rotatable bonds is 8. The number of halogens is 1. The Morgan fingerprint density at radius 1 is 1.32 bits per heavy atom. The van der Waals surface area contributed by atoms with E-state index in [9.17, 15) is 4.79 Å². The average Bonchev–Trinajstić information content (AvgIpc) is 2.58. The standard InChI is InChI=1S/C18H36N4O2.HI/c1-6-24-17(23)16-9-13-22(14-10-16)18(19-4)20-11-7-8-12-21(5)15(2)3;/h15-16H,6-14H2,1-5H3,(H,19,20);1H. The zero-order chi connectivity index (χ0) is 17.9. The maximum Gasteiger partial charge on any atom is 0.309 e. The van der Waals surface area contributed by atoms with Crippen molar-refractivity contribution in [1.29, 1.82) is 0 Å². The van der Waals surface area contributed by atoms with Crippen molar-refractivity contribution in [3.05, 3.63) is 0 Å². The summed E-state index contributed by atoms with van der Waals surface area (Å²) >= 11 is 0. The maximum absolute atomic E-state index is 11.8. The number of ether oxygens (including phenoxy) is 1. The normalized spacial score (nSPS) is 16.1. The molecule has 0 radical (unpaired) electrons. The van der Waals surface area contributed by atoms with Gasteiger partial charge in [-0.1, -0.05) is 0 Å². The number of esters is 1. The van der Waals surface area contributed by atoms with Crippen molar-refractivity contribution in [2.45, 2.75) is 52.5 Å². The molecule has 1 fully saturated rings. The lowest BCUT2D eigenvalue weighted by Crippen LogP contribution is -2.47. The van der Waals surface area contributed by atoms with Crippen LogP contribution in [0, 0.1) is 5.92 Å². The molecule has 0 saturated carbocycles. The Bertz CT molecular complexity index is 397. The zero-order valence-electron chi connectivity index (χ0n) is 16.6. The molecule has 1 heterocycles. The molecule has 0 spiro atoms. The lowest BCUT2D eigenvalue weighted by molar-refractivity contribution is -0.149. The predicted octanol–water partition coefficient (Wildman–Crippen LogP) is 2.58. The first-order chi connectivity index (χ1) is 11.5. The van der Waals surface area contributed by atoms with Gasteiger partial charge in [-0.15, -0.1) is 24.0 Å². The number of unbranched alkanes of at least 4 members (excludes halogenated alkanes) is 1. The second-order valence-corrected chi connectivity index (χ2v) is 6.77. The van der Waals surface area contributed by atoms with Gasteiger partial charge < -0.3 is 19.9 Å². The van der Waals surface area contributed by atoms with Gasteiger partial charge in [0.2, 0.25) is 0 Å². The van der Waals surface area contributed by atoms with E-state index in [2.05, 4.69) is 41.0 Å². The van der Waals surface area contributed by atoms with Gasteiger partial charge in [-0.05, 0) is 60.0 Å². The summed E-state index contributed by atoms with van der Waals surface area (Å²) in [5.41, 5.74) is 0. The number of aliphatic imine (C=N–C) groups is 1. The molecule has 0 unspecified atom stereocenters. The molecule has 7 heteroatoms. The lowest BCUT2D eigenvalue weighted by Gasteiger charge is -2.33. The summed E-state index contributed by atoms with van der Waals surface area (Å²) < 4.78 is 5.12. The smallest absolute Gasteiger partial charge is 0.309 e. The van der Waals surface area contributed by atoms with E-state index in [0.29, 0.717) is 12.6 Å². The molecular weight excluding hydrogens is 431 g/mol.